The normalized spacial score (nSPS) is 18.6. The summed E-state index contributed by atoms with van der Waals surface area (Å²) < 4.78 is 11.7. The summed E-state index contributed by atoms with van der Waals surface area (Å²) in [6, 6.07) is 15.9. The van der Waals surface area contributed by atoms with Gasteiger partial charge in [-0.1, -0.05) is 42.5 Å². The second-order valence-corrected chi connectivity index (χ2v) is 7.28. The van der Waals surface area contributed by atoms with Gasteiger partial charge in [-0.3, -0.25) is 4.79 Å². The van der Waals surface area contributed by atoms with E-state index in [2.05, 4.69) is 23.2 Å². The summed E-state index contributed by atoms with van der Waals surface area (Å²) >= 11 is 0. The van der Waals surface area contributed by atoms with E-state index >= 15 is 0 Å². The minimum absolute atomic E-state index is 0.00369. The zero-order chi connectivity index (χ0) is 18.7. The van der Waals surface area contributed by atoms with Crippen LogP contribution in [-0.2, 0) is 20.7 Å². The van der Waals surface area contributed by atoms with Crippen LogP contribution in [0.2, 0.25) is 0 Å². The van der Waals surface area contributed by atoms with Crippen molar-refractivity contribution in [2.24, 2.45) is 0 Å². The van der Waals surface area contributed by atoms with E-state index < -0.39 is 5.79 Å². The lowest BCUT2D eigenvalue weighted by Crippen LogP contribution is -2.45. The molecule has 2 aromatic rings. The number of hydrogen-bond donors (Lipinski definition) is 1. The van der Waals surface area contributed by atoms with Crippen LogP contribution in [0.5, 0.6) is 0 Å². The fourth-order valence-corrected chi connectivity index (χ4v) is 4.01. The maximum Gasteiger partial charge on any atom is 0.228 e. The number of amides is 1. The molecule has 2 saturated heterocycles. The number of carbonyl (C=O) groups is 1. The van der Waals surface area contributed by atoms with Crippen molar-refractivity contribution in [3.05, 3.63) is 59.7 Å². The fourth-order valence-electron chi connectivity index (χ4n) is 4.01. The van der Waals surface area contributed by atoms with Gasteiger partial charge in [0, 0.05) is 25.9 Å². The highest BCUT2D eigenvalue weighted by Crippen LogP contribution is 2.37. The molecule has 0 aliphatic carbocycles. The molecule has 2 aliphatic heterocycles. The Balaban J connectivity index is 1.48. The number of carbonyl (C=O) groups excluding carboxylic acids is 1. The number of anilines is 2. The van der Waals surface area contributed by atoms with Crippen molar-refractivity contribution < 1.29 is 14.3 Å². The summed E-state index contributed by atoms with van der Waals surface area (Å²) in [5, 5.41) is 3.12. The van der Waals surface area contributed by atoms with Gasteiger partial charge in [0.15, 0.2) is 5.79 Å². The van der Waals surface area contributed by atoms with Crippen molar-refractivity contribution in [3.63, 3.8) is 0 Å². The number of rotatable bonds is 4. The zero-order valence-corrected chi connectivity index (χ0v) is 15.7. The minimum atomic E-state index is -0.393. The molecule has 1 amide bonds. The van der Waals surface area contributed by atoms with Crippen molar-refractivity contribution >= 4 is 17.3 Å². The maximum absolute atomic E-state index is 12.6. The monoisotopic (exact) mass is 366 g/mol. The lowest BCUT2D eigenvalue weighted by atomic mass is 10.0. The van der Waals surface area contributed by atoms with Gasteiger partial charge in [0.1, 0.15) is 0 Å². The Morgan fingerprint density at radius 3 is 2.44 bits per heavy atom. The summed E-state index contributed by atoms with van der Waals surface area (Å²) in [4.78, 5) is 14.9. The van der Waals surface area contributed by atoms with Crippen LogP contribution in [0.1, 0.15) is 24.0 Å². The average molecular weight is 366 g/mol. The van der Waals surface area contributed by atoms with Crippen molar-refractivity contribution in [2.75, 3.05) is 36.5 Å². The highest BCUT2D eigenvalue weighted by Gasteiger charge is 2.40. The van der Waals surface area contributed by atoms with E-state index in [9.17, 15) is 4.79 Å². The van der Waals surface area contributed by atoms with Crippen LogP contribution in [0.15, 0.2) is 48.5 Å². The Kier molecular flexibility index (Phi) is 5.14. The Bertz CT molecular complexity index is 790. The molecule has 2 aromatic carbocycles. The van der Waals surface area contributed by atoms with Gasteiger partial charge in [0.2, 0.25) is 5.91 Å². The summed E-state index contributed by atoms with van der Waals surface area (Å²) in [5.41, 5.74) is 4.16. The molecule has 0 aromatic heterocycles. The first-order valence-electron chi connectivity index (χ1n) is 9.61. The summed E-state index contributed by atoms with van der Waals surface area (Å²) in [6.45, 7) is 5.17. The molecule has 1 spiro atoms. The molecule has 5 heteroatoms. The van der Waals surface area contributed by atoms with Crippen molar-refractivity contribution in [2.45, 2.75) is 32.0 Å². The molecule has 0 bridgehead atoms. The Labute approximate surface area is 160 Å². The molecule has 2 fully saturated rings. The Morgan fingerprint density at radius 2 is 1.74 bits per heavy atom. The first-order valence-corrected chi connectivity index (χ1v) is 9.61. The van der Waals surface area contributed by atoms with E-state index in [1.54, 1.807) is 0 Å². The van der Waals surface area contributed by atoms with Crippen LogP contribution < -0.4 is 10.2 Å². The topological polar surface area (TPSA) is 50.8 Å². The highest BCUT2D eigenvalue weighted by molar-refractivity contribution is 5.96. The average Bonchev–Trinajstić information content (AvgIpc) is 3.12. The SMILES string of the molecule is Cc1cccc(NC(=O)Cc2ccccc2)c1N1CCC2(CC1)OCCO2. The lowest BCUT2D eigenvalue weighted by Gasteiger charge is -2.40. The molecule has 2 aliphatic rings. The van der Waals surface area contributed by atoms with Gasteiger partial charge in [-0.2, -0.15) is 0 Å². The van der Waals surface area contributed by atoms with Crippen molar-refractivity contribution in [3.8, 4) is 0 Å². The minimum Gasteiger partial charge on any atom is -0.369 e. The van der Waals surface area contributed by atoms with Crippen molar-refractivity contribution in [1.82, 2.24) is 0 Å². The van der Waals surface area contributed by atoms with Crippen LogP contribution in [0.3, 0.4) is 0 Å². The fraction of sp³-hybridized carbons (Fsp3) is 0.409. The molecule has 2 heterocycles. The summed E-state index contributed by atoms with van der Waals surface area (Å²) in [7, 11) is 0. The highest BCUT2D eigenvalue weighted by atomic mass is 16.7. The van der Waals surface area contributed by atoms with Gasteiger partial charge in [0.05, 0.1) is 31.0 Å². The summed E-state index contributed by atoms with van der Waals surface area (Å²) in [6.07, 6.45) is 2.07. The maximum atomic E-state index is 12.6. The summed E-state index contributed by atoms with van der Waals surface area (Å²) in [5.74, 6) is -0.389. The number of para-hydroxylation sites is 1. The van der Waals surface area contributed by atoms with Crippen LogP contribution in [0.25, 0.3) is 0 Å². The van der Waals surface area contributed by atoms with Crippen LogP contribution in [0.4, 0.5) is 11.4 Å². The third-order valence-electron chi connectivity index (χ3n) is 5.37. The largest absolute Gasteiger partial charge is 0.369 e. The van der Waals surface area contributed by atoms with E-state index in [0.717, 1.165) is 48.4 Å². The van der Waals surface area contributed by atoms with Crippen LogP contribution >= 0.6 is 0 Å². The molecule has 1 N–H and O–H groups in total. The van der Waals surface area contributed by atoms with E-state index in [0.29, 0.717) is 19.6 Å². The van der Waals surface area contributed by atoms with Gasteiger partial charge in [-0.05, 0) is 24.1 Å². The molecule has 0 atom stereocenters. The van der Waals surface area contributed by atoms with E-state index in [1.165, 1.54) is 0 Å². The van der Waals surface area contributed by atoms with Gasteiger partial charge in [-0.15, -0.1) is 0 Å². The number of ether oxygens (including phenoxy) is 2. The molecule has 27 heavy (non-hydrogen) atoms. The molecule has 0 radical (unpaired) electrons. The second kappa shape index (κ2) is 7.71. The van der Waals surface area contributed by atoms with Crippen LogP contribution in [0, 0.1) is 6.92 Å². The number of hydrogen-bond acceptors (Lipinski definition) is 4. The van der Waals surface area contributed by atoms with Gasteiger partial charge in [0.25, 0.3) is 0 Å². The molecule has 4 rings (SSSR count). The number of benzene rings is 2. The van der Waals surface area contributed by atoms with Gasteiger partial charge >= 0.3 is 0 Å². The predicted molar refractivity (Wildman–Crippen MR) is 106 cm³/mol. The first-order chi connectivity index (χ1) is 13.2. The van der Waals surface area contributed by atoms with E-state index in [1.807, 2.05) is 42.5 Å². The van der Waals surface area contributed by atoms with Gasteiger partial charge in [-0.25, -0.2) is 0 Å². The number of nitrogens with zero attached hydrogens (tertiary/aromatic N) is 1. The lowest BCUT2D eigenvalue weighted by molar-refractivity contribution is -0.169. The molecule has 5 nitrogen and oxygen atoms in total. The quantitative estimate of drug-likeness (QED) is 0.900. The second-order valence-electron chi connectivity index (χ2n) is 7.28. The van der Waals surface area contributed by atoms with E-state index in [4.69, 9.17) is 9.47 Å². The smallest absolute Gasteiger partial charge is 0.228 e. The Hall–Kier alpha value is -2.37. The van der Waals surface area contributed by atoms with Crippen molar-refractivity contribution in [1.29, 1.82) is 0 Å². The van der Waals surface area contributed by atoms with Crippen LogP contribution in [-0.4, -0.2) is 38.0 Å². The Morgan fingerprint density at radius 1 is 1.04 bits per heavy atom. The number of piperidine rings is 1. The van der Waals surface area contributed by atoms with E-state index in [-0.39, 0.29) is 5.91 Å². The first kappa shape index (κ1) is 18.0. The molecule has 0 unspecified atom stereocenters. The third-order valence-corrected chi connectivity index (χ3v) is 5.37. The molecule has 142 valence electrons. The molecular weight excluding hydrogens is 340 g/mol. The van der Waals surface area contributed by atoms with Gasteiger partial charge < -0.3 is 19.7 Å². The standard InChI is InChI=1S/C22H26N2O3/c1-17-6-5-9-19(23-20(25)16-18-7-3-2-4-8-18)21(17)24-12-10-22(11-13-24)26-14-15-27-22/h2-9H,10-16H2,1H3,(H,23,25). The predicted octanol–water partition coefficient (Wildman–Crippen LogP) is 3.52. The molecule has 0 saturated carbocycles. The number of nitrogens with one attached hydrogen (secondary N) is 1. The zero-order valence-electron chi connectivity index (χ0n) is 15.7. The number of aryl methyl sites for hydroxylation is 1. The third kappa shape index (κ3) is 3.99. The molecular formula is C22H26N2O3.